The number of aliphatic hydroxyl groups is 1. The molecule has 0 fully saturated rings. The highest BCUT2D eigenvalue weighted by Crippen LogP contribution is 2.21. The van der Waals surface area contributed by atoms with E-state index in [1.165, 1.54) is 0 Å². The Bertz CT molecular complexity index is 494. The average molecular weight is 329 g/mol. The minimum Gasteiger partial charge on any atom is -0.387 e. The van der Waals surface area contributed by atoms with Crippen LogP contribution in [0.15, 0.2) is 24.3 Å². The molecule has 124 valence electrons. The summed E-state index contributed by atoms with van der Waals surface area (Å²) in [7, 11) is 1.65. The molecule has 0 radical (unpaired) electrons. The Morgan fingerprint density at radius 3 is 2.64 bits per heavy atom. The average Bonchev–Trinajstić information content (AvgIpc) is 2.44. The second-order valence-electron chi connectivity index (χ2n) is 5.96. The quantitative estimate of drug-likeness (QED) is 0.720. The van der Waals surface area contributed by atoms with Crippen molar-refractivity contribution in [3.05, 3.63) is 34.9 Å². The third-order valence-corrected chi connectivity index (χ3v) is 3.79. The number of ether oxygens (including phenoxy) is 1. The van der Waals surface area contributed by atoms with Crippen molar-refractivity contribution in [1.82, 2.24) is 10.6 Å². The van der Waals surface area contributed by atoms with Gasteiger partial charge >= 0.3 is 6.03 Å². The van der Waals surface area contributed by atoms with Gasteiger partial charge in [-0.3, -0.25) is 0 Å². The number of carbonyl (C=O) groups is 1. The summed E-state index contributed by atoms with van der Waals surface area (Å²) in [5, 5.41) is 16.0. The van der Waals surface area contributed by atoms with E-state index in [0.29, 0.717) is 17.0 Å². The third kappa shape index (κ3) is 6.22. The minimum absolute atomic E-state index is 0.0487. The van der Waals surface area contributed by atoms with Crippen LogP contribution in [0.1, 0.15) is 38.9 Å². The number of hydrogen-bond acceptors (Lipinski definition) is 3. The van der Waals surface area contributed by atoms with Crippen LogP contribution in [0.3, 0.4) is 0 Å². The number of halogens is 1. The number of carbonyl (C=O) groups excluding carboxylic acids is 1. The van der Waals surface area contributed by atoms with Gasteiger partial charge in [0.15, 0.2) is 0 Å². The molecule has 5 nitrogen and oxygen atoms in total. The van der Waals surface area contributed by atoms with Gasteiger partial charge < -0.3 is 20.5 Å². The Morgan fingerprint density at radius 1 is 1.41 bits per heavy atom. The van der Waals surface area contributed by atoms with E-state index in [9.17, 15) is 9.90 Å². The first-order valence-electron chi connectivity index (χ1n) is 7.27. The molecule has 22 heavy (non-hydrogen) atoms. The summed E-state index contributed by atoms with van der Waals surface area (Å²) < 4.78 is 5.33. The van der Waals surface area contributed by atoms with Gasteiger partial charge in [0.1, 0.15) is 0 Å². The predicted octanol–water partition coefficient (Wildman–Crippen LogP) is 2.88. The molecule has 1 rings (SSSR count). The summed E-state index contributed by atoms with van der Waals surface area (Å²) in [6, 6.07) is 6.64. The molecule has 1 aromatic rings. The summed E-state index contributed by atoms with van der Waals surface area (Å²) >= 11 is 6.01. The first kappa shape index (κ1) is 18.7. The normalized spacial score (nSPS) is 14.3. The van der Waals surface area contributed by atoms with Crippen LogP contribution >= 0.6 is 11.6 Å². The van der Waals surface area contributed by atoms with Crippen molar-refractivity contribution in [2.75, 3.05) is 13.7 Å². The largest absolute Gasteiger partial charge is 0.387 e. The number of methoxy groups -OCH3 is 1. The van der Waals surface area contributed by atoms with E-state index in [4.69, 9.17) is 16.3 Å². The molecule has 2 atom stereocenters. The maximum atomic E-state index is 11.8. The van der Waals surface area contributed by atoms with Crippen molar-refractivity contribution >= 4 is 17.6 Å². The zero-order chi connectivity index (χ0) is 16.8. The number of benzene rings is 1. The molecule has 1 aromatic carbocycles. The number of urea groups is 1. The highest BCUT2D eigenvalue weighted by Gasteiger charge is 2.21. The van der Waals surface area contributed by atoms with Gasteiger partial charge in [-0.15, -0.1) is 0 Å². The number of aliphatic hydroxyl groups excluding tert-OH is 1. The van der Waals surface area contributed by atoms with Crippen LogP contribution in [0.5, 0.6) is 0 Å². The van der Waals surface area contributed by atoms with E-state index in [1.807, 2.05) is 20.8 Å². The van der Waals surface area contributed by atoms with Gasteiger partial charge in [0, 0.05) is 30.3 Å². The van der Waals surface area contributed by atoms with Crippen molar-refractivity contribution in [3.8, 4) is 0 Å². The Hall–Kier alpha value is -1.30. The molecule has 0 aliphatic heterocycles. The molecule has 0 saturated heterocycles. The molecule has 2 amide bonds. The summed E-state index contributed by atoms with van der Waals surface area (Å²) in [5.74, 6) is 0. The molecule has 0 spiro atoms. The maximum Gasteiger partial charge on any atom is 0.315 e. The van der Waals surface area contributed by atoms with E-state index in [2.05, 4.69) is 10.6 Å². The van der Waals surface area contributed by atoms with Gasteiger partial charge in [0.2, 0.25) is 0 Å². The smallest absolute Gasteiger partial charge is 0.315 e. The monoisotopic (exact) mass is 328 g/mol. The lowest BCUT2D eigenvalue weighted by Crippen LogP contribution is -2.44. The van der Waals surface area contributed by atoms with Gasteiger partial charge in [-0.25, -0.2) is 4.79 Å². The molecular weight excluding hydrogens is 304 g/mol. The molecule has 0 bridgehead atoms. The van der Waals surface area contributed by atoms with E-state index in [1.54, 1.807) is 31.4 Å². The topological polar surface area (TPSA) is 70.6 Å². The highest BCUT2D eigenvalue weighted by molar-refractivity contribution is 6.31. The lowest BCUT2D eigenvalue weighted by atomic mass is 10.00. The van der Waals surface area contributed by atoms with E-state index < -0.39 is 6.10 Å². The fraction of sp³-hybridized carbons (Fsp3) is 0.562. The van der Waals surface area contributed by atoms with Crippen LogP contribution in [0.4, 0.5) is 4.79 Å². The highest BCUT2D eigenvalue weighted by atomic mass is 35.5. The molecule has 0 aliphatic carbocycles. The zero-order valence-electron chi connectivity index (χ0n) is 13.5. The molecule has 2 unspecified atom stereocenters. The predicted molar refractivity (Wildman–Crippen MR) is 88.1 cm³/mol. The van der Waals surface area contributed by atoms with Crippen molar-refractivity contribution in [1.29, 1.82) is 0 Å². The second kappa shape index (κ2) is 8.36. The van der Waals surface area contributed by atoms with Gasteiger partial charge in [0.25, 0.3) is 0 Å². The van der Waals surface area contributed by atoms with E-state index in [-0.39, 0.29) is 24.2 Å². The Labute approximate surface area is 137 Å². The molecule has 3 N–H and O–H groups in total. The maximum absolute atomic E-state index is 11.8. The number of rotatable bonds is 7. The Kier molecular flexibility index (Phi) is 7.13. The third-order valence-electron chi connectivity index (χ3n) is 3.45. The van der Waals surface area contributed by atoms with Gasteiger partial charge in [-0.05, 0) is 33.3 Å². The SMILES string of the molecule is COC(C)(C)CC(C)NC(=O)NCC(O)c1ccccc1Cl. The minimum atomic E-state index is -0.842. The molecular formula is C16H25ClN2O3. The van der Waals surface area contributed by atoms with E-state index in [0.717, 1.165) is 0 Å². The lowest BCUT2D eigenvalue weighted by molar-refractivity contribution is 0.00947. The van der Waals surface area contributed by atoms with Gasteiger partial charge in [0.05, 0.1) is 11.7 Å². The fourth-order valence-electron chi connectivity index (χ4n) is 2.19. The van der Waals surface area contributed by atoms with Crippen LogP contribution in [0, 0.1) is 0 Å². The van der Waals surface area contributed by atoms with Gasteiger partial charge in [-0.1, -0.05) is 29.8 Å². The first-order valence-corrected chi connectivity index (χ1v) is 7.65. The molecule has 6 heteroatoms. The molecule has 0 aromatic heterocycles. The second-order valence-corrected chi connectivity index (χ2v) is 6.37. The lowest BCUT2D eigenvalue weighted by Gasteiger charge is -2.27. The van der Waals surface area contributed by atoms with Crippen LogP contribution < -0.4 is 10.6 Å². The van der Waals surface area contributed by atoms with Crippen molar-refractivity contribution in [3.63, 3.8) is 0 Å². The summed E-state index contributed by atoms with van der Waals surface area (Å²) in [6.45, 7) is 5.93. The standard InChI is InChI=1S/C16H25ClN2O3/c1-11(9-16(2,3)22-4)19-15(21)18-10-14(20)12-7-5-6-8-13(12)17/h5-8,11,14,20H,9-10H2,1-4H3,(H2,18,19,21). The molecule has 0 aliphatic rings. The van der Waals surface area contributed by atoms with Crippen molar-refractivity contribution in [2.24, 2.45) is 0 Å². The fourth-order valence-corrected chi connectivity index (χ4v) is 2.45. The first-order chi connectivity index (χ1) is 10.2. The summed E-state index contributed by atoms with van der Waals surface area (Å²) in [5.41, 5.74) is 0.294. The van der Waals surface area contributed by atoms with Crippen LogP contribution in [0.25, 0.3) is 0 Å². The van der Waals surface area contributed by atoms with Gasteiger partial charge in [-0.2, -0.15) is 0 Å². The van der Waals surface area contributed by atoms with E-state index >= 15 is 0 Å². The van der Waals surface area contributed by atoms with Crippen LogP contribution in [-0.4, -0.2) is 36.4 Å². The molecule has 0 saturated carbocycles. The van der Waals surface area contributed by atoms with Crippen molar-refractivity contribution in [2.45, 2.75) is 44.9 Å². The number of hydrogen-bond donors (Lipinski definition) is 3. The van der Waals surface area contributed by atoms with Crippen molar-refractivity contribution < 1.29 is 14.6 Å². The summed E-state index contributed by atoms with van der Waals surface area (Å²) in [6.07, 6.45) is -0.158. The Balaban J connectivity index is 2.41. The molecule has 0 heterocycles. The summed E-state index contributed by atoms with van der Waals surface area (Å²) in [4.78, 5) is 11.8. The van der Waals surface area contributed by atoms with Crippen LogP contribution in [0.2, 0.25) is 5.02 Å². The zero-order valence-corrected chi connectivity index (χ0v) is 14.3. The number of amides is 2. The Morgan fingerprint density at radius 2 is 2.05 bits per heavy atom. The van der Waals surface area contributed by atoms with Crippen LogP contribution in [-0.2, 0) is 4.74 Å². The number of nitrogens with one attached hydrogen (secondary N) is 2.